The predicted octanol–water partition coefficient (Wildman–Crippen LogP) is 2.86. The second-order valence-corrected chi connectivity index (χ2v) is 4.82. The molecule has 0 amide bonds. The minimum Gasteiger partial charge on any atom is -0.314 e. The molecule has 110 valence electrons. The van der Waals surface area contributed by atoms with Gasteiger partial charge < -0.3 is 5.32 Å². The summed E-state index contributed by atoms with van der Waals surface area (Å²) in [5.41, 5.74) is 0. The van der Waals surface area contributed by atoms with Crippen LogP contribution in [0, 0.1) is 5.92 Å². The van der Waals surface area contributed by atoms with Gasteiger partial charge in [0.2, 0.25) is 0 Å². The Hall–Kier alpha value is 0.290. The molecule has 2 rings (SSSR count). The summed E-state index contributed by atoms with van der Waals surface area (Å²) in [6.45, 7) is 2.42. The molecule has 0 aromatic carbocycles. The summed E-state index contributed by atoms with van der Waals surface area (Å²) in [6.07, 6.45) is -0.652. The van der Waals surface area contributed by atoms with Crippen LogP contribution in [-0.2, 0) is 0 Å². The lowest BCUT2D eigenvalue weighted by Gasteiger charge is -2.39. The number of rotatable bonds is 2. The Labute approximate surface area is 118 Å². The monoisotopic (exact) mass is 308 g/mol. The topological polar surface area (TPSA) is 15.3 Å². The summed E-state index contributed by atoms with van der Waals surface area (Å²) in [7, 11) is 0. The van der Waals surface area contributed by atoms with E-state index in [-0.39, 0.29) is 30.7 Å². The lowest BCUT2D eigenvalue weighted by Crippen LogP contribution is -2.56. The molecule has 0 bridgehead atoms. The van der Waals surface area contributed by atoms with Gasteiger partial charge in [-0.05, 0) is 18.8 Å². The van der Waals surface area contributed by atoms with Gasteiger partial charge in [0.25, 0.3) is 0 Å². The van der Waals surface area contributed by atoms with E-state index in [0.717, 1.165) is 25.7 Å². The van der Waals surface area contributed by atoms with E-state index in [2.05, 4.69) is 5.32 Å². The Morgan fingerprint density at radius 1 is 1.00 bits per heavy atom. The standard InChI is InChI=1S/C11H19F3N2.2ClH/c12-11(13,14)10(9-3-1-2-4-9)16-7-5-15-6-8-16;;/h9-10,15H,1-8H2;2*1H/t10-;;/m1../s1. The molecule has 1 aliphatic carbocycles. The highest BCUT2D eigenvalue weighted by atomic mass is 35.5. The zero-order valence-electron chi connectivity index (χ0n) is 10.2. The zero-order valence-corrected chi connectivity index (χ0v) is 11.8. The van der Waals surface area contributed by atoms with Gasteiger partial charge in [-0.1, -0.05) is 12.8 Å². The van der Waals surface area contributed by atoms with Gasteiger partial charge in [-0.15, -0.1) is 24.8 Å². The number of nitrogens with zero attached hydrogens (tertiary/aromatic N) is 1. The lowest BCUT2D eigenvalue weighted by atomic mass is 9.95. The fourth-order valence-corrected chi connectivity index (χ4v) is 3.01. The Bertz CT molecular complexity index is 227. The Kier molecular flexibility index (Phi) is 7.90. The van der Waals surface area contributed by atoms with Gasteiger partial charge in [-0.2, -0.15) is 13.2 Å². The Morgan fingerprint density at radius 3 is 1.94 bits per heavy atom. The molecule has 0 radical (unpaired) electrons. The van der Waals surface area contributed by atoms with Crippen molar-refractivity contribution in [3.05, 3.63) is 0 Å². The van der Waals surface area contributed by atoms with E-state index in [0.29, 0.717) is 26.2 Å². The molecule has 1 saturated heterocycles. The van der Waals surface area contributed by atoms with Crippen molar-refractivity contribution in [3.63, 3.8) is 0 Å². The summed E-state index contributed by atoms with van der Waals surface area (Å²) in [5.74, 6) is -0.168. The normalized spacial score (nSPS) is 24.2. The minimum absolute atomic E-state index is 0. The van der Waals surface area contributed by atoms with Gasteiger partial charge in [0.1, 0.15) is 6.04 Å². The highest BCUT2D eigenvalue weighted by Crippen LogP contribution is 2.38. The predicted molar refractivity (Wildman–Crippen MR) is 70.7 cm³/mol. The summed E-state index contributed by atoms with van der Waals surface area (Å²) in [4.78, 5) is 1.63. The molecule has 2 aliphatic rings. The van der Waals surface area contributed by atoms with E-state index in [1.165, 1.54) is 0 Å². The summed E-state index contributed by atoms with van der Waals surface area (Å²) < 4.78 is 39.3. The maximum atomic E-state index is 13.1. The molecule has 0 aromatic rings. The van der Waals surface area contributed by atoms with E-state index in [9.17, 15) is 13.2 Å². The molecule has 2 fully saturated rings. The van der Waals surface area contributed by atoms with Crippen molar-refractivity contribution in [3.8, 4) is 0 Å². The largest absolute Gasteiger partial charge is 0.404 e. The number of hydrogen-bond donors (Lipinski definition) is 1. The molecule has 1 aliphatic heterocycles. The summed E-state index contributed by atoms with van der Waals surface area (Å²) in [6, 6.07) is -1.20. The van der Waals surface area contributed by atoms with Crippen LogP contribution in [-0.4, -0.2) is 43.3 Å². The minimum atomic E-state index is -4.06. The van der Waals surface area contributed by atoms with Gasteiger partial charge in [-0.25, -0.2) is 0 Å². The molecule has 18 heavy (non-hydrogen) atoms. The maximum Gasteiger partial charge on any atom is 0.404 e. The fourth-order valence-electron chi connectivity index (χ4n) is 3.01. The van der Waals surface area contributed by atoms with Crippen molar-refractivity contribution < 1.29 is 13.2 Å². The molecule has 0 aromatic heterocycles. The van der Waals surface area contributed by atoms with Gasteiger partial charge in [0, 0.05) is 26.2 Å². The number of halogens is 5. The van der Waals surface area contributed by atoms with Crippen molar-refractivity contribution in [1.29, 1.82) is 0 Å². The maximum absolute atomic E-state index is 13.1. The molecule has 1 heterocycles. The van der Waals surface area contributed by atoms with E-state index in [4.69, 9.17) is 0 Å². The van der Waals surface area contributed by atoms with Crippen molar-refractivity contribution in [2.24, 2.45) is 5.92 Å². The van der Waals surface area contributed by atoms with Crippen LogP contribution in [0.4, 0.5) is 13.2 Å². The average Bonchev–Trinajstić information content (AvgIpc) is 2.71. The highest BCUT2D eigenvalue weighted by Gasteiger charge is 2.48. The molecule has 1 N–H and O–H groups in total. The van der Waals surface area contributed by atoms with Crippen molar-refractivity contribution in [1.82, 2.24) is 10.2 Å². The molecule has 1 saturated carbocycles. The lowest BCUT2D eigenvalue weighted by molar-refractivity contribution is -0.198. The Balaban J connectivity index is 0.00000144. The fraction of sp³-hybridized carbons (Fsp3) is 1.00. The van der Waals surface area contributed by atoms with Crippen LogP contribution in [0.15, 0.2) is 0 Å². The average molecular weight is 309 g/mol. The van der Waals surface area contributed by atoms with E-state index < -0.39 is 12.2 Å². The van der Waals surface area contributed by atoms with Crippen LogP contribution >= 0.6 is 24.8 Å². The summed E-state index contributed by atoms with van der Waals surface area (Å²) >= 11 is 0. The molecular weight excluding hydrogens is 288 g/mol. The first kappa shape index (κ1) is 18.3. The zero-order chi connectivity index (χ0) is 11.6. The number of piperazine rings is 1. The molecular formula is C11H21Cl2F3N2. The van der Waals surface area contributed by atoms with Gasteiger partial charge in [-0.3, -0.25) is 4.90 Å². The molecule has 7 heteroatoms. The second-order valence-electron chi connectivity index (χ2n) is 4.82. The smallest absolute Gasteiger partial charge is 0.314 e. The van der Waals surface area contributed by atoms with Crippen molar-refractivity contribution in [2.45, 2.75) is 37.9 Å². The first-order valence-corrected chi connectivity index (χ1v) is 6.10. The van der Waals surface area contributed by atoms with Crippen LogP contribution in [0.25, 0.3) is 0 Å². The third-order valence-corrected chi connectivity index (χ3v) is 3.73. The first-order chi connectivity index (χ1) is 7.59. The molecule has 0 unspecified atom stereocenters. The first-order valence-electron chi connectivity index (χ1n) is 6.10. The molecule has 0 spiro atoms. The van der Waals surface area contributed by atoms with E-state index in [1.54, 1.807) is 4.90 Å². The molecule has 2 nitrogen and oxygen atoms in total. The number of alkyl halides is 3. The van der Waals surface area contributed by atoms with Crippen LogP contribution in [0.1, 0.15) is 25.7 Å². The van der Waals surface area contributed by atoms with Gasteiger partial charge in [0.15, 0.2) is 0 Å². The number of hydrogen-bond acceptors (Lipinski definition) is 2. The molecule has 1 atom stereocenters. The Morgan fingerprint density at radius 2 is 1.50 bits per heavy atom. The van der Waals surface area contributed by atoms with Gasteiger partial charge in [0.05, 0.1) is 0 Å². The third-order valence-electron chi connectivity index (χ3n) is 3.73. The van der Waals surface area contributed by atoms with E-state index in [1.807, 2.05) is 0 Å². The van der Waals surface area contributed by atoms with Crippen LogP contribution in [0.5, 0.6) is 0 Å². The van der Waals surface area contributed by atoms with Crippen LogP contribution < -0.4 is 5.32 Å². The quantitative estimate of drug-likeness (QED) is 0.844. The van der Waals surface area contributed by atoms with Crippen LogP contribution in [0.2, 0.25) is 0 Å². The van der Waals surface area contributed by atoms with Crippen molar-refractivity contribution in [2.75, 3.05) is 26.2 Å². The summed E-state index contributed by atoms with van der Waals surface area (Å²) in [5, 5.41) is 3.10. The van der Waals surface area contributed by atoms with Crippen molar-refractivity contribution >= 4 is 24.8 Å². The third kappa shape index (κ3) is 4.44. The highest BCUT2D eigenvalue weighted by molar-refractivity contribution is 5.85. The van der Waals surface area contributed by atoms with Gasteiger partial charge >= 0.3 is 6.18 Å². The SMILES string of the molecule is Cl.Cl.FC(F)(F)[C@@H](C1CCCC1)N1CCNCC1. The number of nitrogens with one attached hydrogen (secondary N) is 1. The van der Waals surface area contributed by atoms with Crippen LogP contribution in [0.3, 0.4) is 0 Å². The second kappa shape index (κ2) is 7.78. The van der Waals surface area contributed by atoms with E-state index >= 15 is 0 Å².